The van der Waals surface area contributed by atoms with E-state index in [1.807, 2.05) is 0 Å². The van der Waals surface area contributed by atoms with Crippen LogP contribution in [0.15, 0.2) is 79.5 Å². The van der Waals surface area contributed by atoms with Crippen LogP contribution in [0.2, 0.25) is 0 Å². The fourth-order valence-corrected chi connectivity index (χ4v) is 3.66. The molecule has 0 aliphatic carbocycles. The average Bonchev–Trinajstić information content (AvgIpc) is 3.59. The van der Waals surface area contributed by atoms with E-state index in [0.29, 0.717) is 17.2 Å². The lowest BCUT2D eigenvalue weighted by Crippen LogP contribution is -2.40. The molecule has 0 aliphatic rings. The number of carbonyl (C=O) groups is 1. The molecule has 0 atom stereocenters. The molecular formula is C23H17FN4O6. The highest BCUT2D eigenvalue weighted by Gasteiger charge is 2.21. The molecule has 1 aromatic carbocycles. The number of carbonyl (C=O) groups excluding carboxylic acids is 1. The highest BCUT2D eigenvalue weighted by molar-refractivity contribution is 5.86. The van der Waals surface area contributed by atoms with Gasteiger partial charge in [-0.05, 0) is 48.5 Å². The lowest BCUT2D eigenvalue weighted by atomic mass is 10.3. The summed E-state index contributed by atoms with van der Waals surface area (Å²) in [5.41, 5.74) is -0.701. The lowest BCUT2D eigenvalue weighted by molar-refractivity contribution is 0.0563. The van der Waals surface area contributed by atoms with Crippen LogP contribution in [0.1, 0.15) is 22.1 Å². The third-order valence-electron chi connectivity index (χ3n) is 5.25. The monoisotopic (exact) mass is 464 g/mol. The summed E-state index contributed by atoms with van der Waals surface area (Å²) in [6.45, 7) is -0.0503. The van der Waals surface area contributed by atoms with E-state index in [9.17, 15) is 18.8 Å². The van der Waals surface area contributed by atoms with Crippen molar-refractivity contribution < 1.29 is 22.8 Å². The van der Waals surface area contributed by atoms with E-state index in [1.54, 1.807) is 18.2 Å². The predicted octanol–water partition coefficient (Wildman–Crippen LogP) is 2.56. The maximum absolute atomic E-state index is 13.5. The highest BCUT2D eigenvalue weighted by atomic mass is 19.1. The minimum Gasteiger partial charge on any atom is -0.467 e. The maximum atomic E-state index is 13.5. The molecule has 0 fully saturated rings. The van der Waals surface area contributed by atoms with Crippen LogP contribution in [0.3, 0.4) is 0 Å². The summed E-state index contributed by atoms with van der Waals surface area (Å²) >= 11 is 0. The van der Waals surface area contributed by atoms with Crippen LogP contribution in [-0.2, 0) is 17.8 Å². The van der Waals surface area contributed by atoms with E-state index in [2.05, 4.69) is 9.72 Å². The van der Waals surface area contributed by atoms with E-state index in [1.165, 1.54) is 59.2 Å². The zero-order valence-electron chi connectivity index (χ0n) is 17.8. The molecule has 0 amide bonds. The summed E-state index contributed by atoms with van der Waals surface area (Å²) in [7, 11) is 1.24. The van der Waals surface area contributed by atoms with Crippen LogP contribution in [0.4, 0.5) is 4.39 Å². The molecule has 0 aliphatic heterocycles. The Kier molecular flexibility index (Phi) is 5.21. The Labute approximate surface area is 190 Å². The molecule has 0 saturated heterocycles. The molecule has 5 rings (SSSR count). The summed E-state index contributed by atoms with van der Waals surface area (Å²) < 4.78 is 32.8. The summed E-state index contributed by atoms with van der Waals surface area (Å²) in [5.74, 6) is -0.310. The fraction of sp³-hybridized carbons (Fsp3) is 0.130. The van der Waals surface area contributed by atoms with Crippen molar-refractivity contribution in [2.45, 2.75) is 13.1 Å². The highest BCUT2D eigenvalue weighted by Crippen LogP contribution is 2.17. The molecule has 4 aromatic heterocycles. The SMILES string of the molecule is COC(=O)c1ccc(Cn2cnc3c2c(=O)n(Cc2ccco2)c(=O)n3-c2ccc(F)cc2)o1. The predicted molar refractivity (Wildman–Crippen MR) is 117 cm³/mol. The normalized spacial score (nSPS) is 11.2. The van der Waals surface area contributed by atoms with Crippen LogP contribution in [0, 0.1) is 5.82 Å². The number of halogens is 1. The van der Waals surface area contributed by atoms with Crippen LogP contribution in [0.5, 0.6) is 0 Å². The number of hydrogen-bond donors (Lipinski definition) is 0. The van der Waals surface area contributed by atoms with Gasteiger partial charge >= 0.3 is 11.7 Å². The number of nitrogens with zero attached hydrogens (tertiary/aromatic N) is 4. The third-order valence-corrected chi connectivity index (χ3v) is 5.25. The number of fused-ring (bicyclic) bond motifs is 1. The molecule has 172 valence electrons. The Bertz CT molecular complexity index is 1610. The van der Waals surface area contributed by atoms with Crippen molar-refractivity contribution in [3.8, 4) is 5.69 Å². The van der Waals surface area contributed by atoms with Gasteiger partial charge in [-0.2, -0.15) is 0 Å². The Morgan fingerprint density at radius 3 is 2.56 bits per heavy atom. The van der Waals surface area contributed by atoms with Gasteiger partial charge in [-0.15, -0.1) is 0 Å². The van der Waals surface area contributed by atoms with Crippen LogP contribution in [0.25, 0.3) is 16.9 Å². The molecule has 0 radical (unpaired) electrons. The maximum Gasteiger partial charge on any atom is 0.373 e. The number of esters is 1. The number of benzene rings is 1. The first-order valence-corrected chi connectivity index (χ1v) is 10.1. The summed E-state index contributed by atoms with van der Waals surface area (Å²) in [4.78, 5) is 42.8. The number of aromatic nitrogens is 4. The van der Waals surface area contributed by atoms with Crippen molar-refractivity contribution in [2.24, 2.45) is 0 Å². The van der Waals surface area contributed by atoms with E-state index >= 15 is 0 Å². The molecule has 11 heteroatoms. The van der Waals surface area contributed by atoms with Crippen molar-refractivity contribution >= 4 is 17.1 Å². The van der Waals surface area contributed by atoms with Gasteiger partial charge in [-0.3, -0.25) is 9.36 Å². The molecule has 10 nitrogen and oxygen atoms in total. The van der Waals surface area contributed by atoms with Crippen LogP contribution in [-0.4, -0.2) is 31.8 Å². The zero-order chi connectivity index (χ0) is 23.8. The van der Waals surface area contributed by atoms with E-state index < -0.39 is 23.0 Å². The standard InChI is InChI=1S/C23H17FN4O6/c1-32-22(30)18-9-8-17(34-18)11-26-13-25-20-19(26)21(29)27(12-16-3-2-10-33-16)23(31)28(20)15-6-4-14(24)5-7-15/h2-10,13H,11-12H2,1H3. The summed E-state index contributed by atoms with van der Waals surface area (Å²) in [5, 5.41) is 0. The van der Waals surface area contributed by atoms with E-state index in [-0.39, 0.29) is 30.0 Å². The van der Waals surface area contributed by atoms with Gasteiger partial charge in [0.1, 0.15) is 17.3 Å². The second kappa shape index (κ2) is 8.35. The minimum atomic E-state index is -0.656. The lowest BCUT2D eigenvalue weighted by Gasteiger charge is -2.12. The number of hydrogen-bond acceptors (Lipinski definition) is 7. The molecule has 0 saturated carbocycles. The van der Waals surface area contributed by atoms with Crippen molar-refractivity contribution in [3.63, 3.8) is 0 Å². The number of ether oxygens (including phenoxy) is 1. The first kappa shape index (κ1) is 21.2. The molecule has 0 N–H and O–H groups in total. The van der Waals surface area contributed by atoms with Crippen molar-refractivity contribution in [2.75, 3.05) is 7.11 Å². The average molecular weight is 464 g/mol. The Morgan fingerprint density at radius 2 is 1.85 bits per heavy atom. The van der Waals surface area contributed by atoms with Crippen molar-refractivity contribution in [3.05, 3.63) is 105 Å². The number of methoxy groups -OCH3 is 1. The van der Waals surface area contributed by atoms with Gasteiger partial charge in [0.25, 0.3) is 5.56 Å². The summed E-state index contributed by atoms with van der Waals surface area (Å²) in [6, 6.07) is 11.6. The molecule has 0 spiro atoms. The van der Waals surface area contributed by atoms with Gasteiger partial charge in [-0.25, -0.2) is 23.5 Å². The molecule has 0 unspecified atom stereocenters. The first-order chi connectivity index (χ1) is 16.5. The second-order valence-corrected chi connectivity index (χ2v) is 7.37. The summed E-state index contributed by atoms with van der Waals surface area (Å²) in [6.07, 6.45) is 2.83. The Balaban J connectivity index is 1.70. The minimum absolute atomic E-state index is 0.0142. The van der Waals surface area contributed by atoms with Gasteiger partial charge in [0, 0.05) is 0 Å². The molecular weight excluding hydrogens is 447 g/mol. The van der Waals surface area contributed by atoms with Gasteiger partial charge in [-0.1, -0.05) is 0 Å². The number of imidazole rings is 1. The Morgan fingerprint density at radius 1 is 1.06 bits per heavy atom. The van der Waals surface area contributed by atoms with Gasteiger partial charge in [0.15, 0.2) is 11.2 Å². The largest absolute Gasteiger partial charge is 0.467 e. The molecule has 0 bridgehead atoms. The van der Waals surface area contributed by atoms with Crippen molar-refractivity contribution in [1.82, 2.24) is 18.7 Å². The zero-order valence-corrected chi connectivity index (χ0v) is 17.8. The van der Waals surface area contributed by atoms with Gasteiger partial charge < -0.3 is 18.1 Å². The number of rotatable bonds is 6. The Hall–Kier alpha value is -4.67. The van der Waals surface area contributed by atoms with Crippen LogP contribution >= 0.6 is 0 Å². The van der Waals surface area contributed by atoms with E-state index in [0.717, 1.165) is 4.57 Å². The van der Waals surface area contributed by atoms with Crippen molar-refractivity contribution in [1.29, 1.82) is 0 Å². The van der Waals surface area contributed by atoms with Gasteiger partial charge in [0.05, 0.1) is 38.5 Å². The quantitative estimate of drug-likeness (QED) is 0.355. The molecule has 34 heavy (non-hydrogen) atoms. The van der Waals surface area contributed by atoms with Crippen LogP contribution < -0.4 is 11.2 Å². The smallest absolute Gasteiger partial charge is 0.373 e. The molecule has 5 aromatic rings. The topological polar surface area (TPSA) is 114 Å². The van der Waals surface area contributed by atoms with Gasteiger partial charge in [0.2, 0.25) is 5.76 Å². The number of furan rings is 2. The molecule has 4 heterocycles. The third kappa shape index (κ3) is 3.62. The first-order valence-electron chi connectivity index (χ1n) is 10.1. The fourth-order valence-electron chi connectivity index (χ4n) is 3.66. The second-order valence-electron chi connectivity index (χ2n) is 7.37. The van der Waals surface area contributed by atoms with E-state index in [4.69, 9.17) is 8.83 Å².